The summed E-state index contributed by atoms with van der Waals surface area (Å²) in [7, 11) is 0. The molecule has 40 heavy (non-hydrogen) atoms. The maximum Gasteiger partial charge on any atom is 0.346 e. The highest BCUT2D eigenvalue weighted by Gasteiger charge is 2.27. The molecular weight excluding hydrogens is 520 g/mol. The highest BCUT2D eigenvalue weighted by Crippen LogP contribution is 2.38. The second kappa shape index (κ2) is 13.8. The van der Waals surface area contributed by atoms with Crippen LogP contribution in [0.1, 0.15) is 93.5 Å². The Balaban J connectivity index is 1.39. The topological polar surface area (TPSA) is 35.5 Å². The van der Waals surface area contributed by atoms with E-state index in [1.807, 2.05) is 0 Å². The van der Waals surface area contributed by atoms with Gasteiger partial charge in [-0.2, -0.15) is 4.39 Å². The number of hydrogen-bond acceptors (Lipinski definition) is 3. The Bertz CT molecular complexity index is 1300. The van der Waals surface area contributed by atoms with Crippen LogP contribution in [0.2, 0.25) is 0 Å². The van der Waals surface area contributed by atoms with Crippen LogP contribution >= 0.6 is 0 Å². The Morgan fingerprint density at radius 3 is 2.17 bits per heavy atom. The van der Waals surface area contributed by atoms with Gasteiger partial charge in [0.15, 0.2) is 23.2 Å². The molecule has 0 saturated heterocycles. The van der Waals surface area contributed by atoms with Gasteiger partial charge in [-0.1, -0.05) is 70.6 Å². The Hall–Kier alpha value is -3.35. The fourth-order valence-electron chi connectivity index (χ4n) is 5.23. The van der Waals surface area contributed by atoms with Gasteiger partial charge in [-0.25, -0.2) is 18.0 Å². The Kier molecular flexibility index (Phi) is 10.2. The van der Waals surface area contributed by atoms with E-state index in [-0.39, 0.29) is 23.0 Å². The standard InChI is InChI=1S/C33H36F4O3/c1-3-4-5-6-7-20-39-28-19-18-26(30(35)32(28)37)23-12-14-24(15-13-23)40-33(38)27-17-16-25(29(34)31(27)36)22-10-8-21(2)9-11-22/h12-19,21-22H,3-11,20H2,1-2H3. The van der Waals surface area contributed by atoms with Gasteiger partial charge in [0, 0.05) is 5.56 Å². The number of carbonyl (C=O) groups is 1. The molecule has 0 N–H and O–H groups in total. The van der Waals surface area contributed by atoms with E-state index < -0.39 is 34.8 Å². The lowest BCUT2D eigenvalue weighted by atomic mass is 9.79. The summed E-state index contributed by atoms with van der Waals surface area (Å²) in [6.07, 6.45) is 8.57. The molecule has 0 aliphatic heterocycles. The van der Waals surface area contributed by atoms with Gasteiger partial charge < -0.3 is 9.47 Å². The van der Waals surface area contributed by atoms with Gasteiger partial charge in [-0.3, -0.25) is 0 Å². The van der Waals surface area contributed by atoms with Crippen LogP contribution in [0.4, 0.5) is 17.6 Å². The molecule has 0 unspecified atom stereocenters. The number of benzene rings is 3. The van der Waals surface area contributed by atoms with E-state index in [2.05, 4.69) is 13.8 Å². The number of hydrogen-bond donors (Lipinski definition) is 0. The second-order valence-corrected chi connectivity index (χ2v) is 10.7. The maximum atomic E-state index is 14.9. The normalized spacial score (nSPS) is 17.1. The van der Waals surface area contributed by atoms with Gasteiger partial charge >= 0.3 is 5.97 Å². The Morgan fingerprint density at radius 1 is 0.775 bits per heavy atom. The van der Waals surface area contributed by atoms with Crippen molar-refractivity contribution in [2.75, 3.05) is 6.61 Å². The second-order valence-electron chi connectivity index (χ2n) is 10.7. The molecule has 4 rings (SSSR count). The Morgan fingerprint density at radius 2 is 1.48 bits per heavy atom. The van der Waals surface area contributed by atoms with E-state index in [9.17, 15) is 22.4 Å². The highest BCUT2D eigenvalue weighted by molar-refractivity contribution is 5.91. The third-order valence-electron chi connectivity index (χ3n) is 7.72. The average Bonchev–Trinajstić information content (AvgIpc) is 2.95. The van der Waals surface area contributed by atoms with Crippen LogP contribution in [0.15, 0.2) is 48.5 Å². The molecule has 1 aliphatic rings. The molecule has 1 saturated carbocycles. The molecule has 7 heteroatoms. The molecule has 0 atom stereocenters. The van der Waals surface area contributed by atoms with Gasteiger partial charge in [0.2, 0.25) is 5.82 Å². The lowest BCUT2D eigenvalue weighted by molar-refractivity contribution is 0.0728. The van der Waals surface area contributed by atoms with Crippen LogP contribution < -0.4 is 9.47 Å². The minimum Gasteiger partial charge on any atom is -0.490 e. The maximum absolute atomic E-state index is 14.9. The van der Waals surface area contributed by atoms with Crippen molar-refractivity contribution in [1.29, 1.82) is 0 Å². The minimum atomic E-state index is -1.22. The van der Waals surface area contributed by atoms with Crippen molar-refractivity contribution in [3.8, 4) is 22.6 Å². The van der Waals surface area contributed by atoms with Crippen molar-refractivity contribution in [2.24, 2.45) is 5.92 Å². The molecule has 1 fully saturated rings. The SMILES string of the molecule is CCCCCCCOc1ccc(-c2ccc(OC(=O)c3ccc(C4CCC(C)CC4)c(F)c3F)cc2)c(F)c1F. The van der Waals surface area contributed by atoms with Gasteiger partial charge in [0.1, 0.15) is 5.75 Å². The van der Waals surface area contributed by atoms with Crippen molar-refractivity contribution in [3.05, 3.63) is 82.9 Å². The van der Waals surface area contributed by atoms with Crippen LogP contribution in [0.5, 0.6) is 11.5 Å². The summed E-state index contributed by atoms with van der Waals surface area (Å²) in [6.45, 7) is 4.58. The minimum absolute atomic E-state index is 0.0199. The third-order valence-corrected chi connectivity index (χ3v) is 7.72. The lowest BCUT2D eigenvalue weighted by Crippen LogP contribution is -2.16. The van der Waals surface area contributed by atoms with E-state index in [4.69, 9.17) is 9.47 Å². The Labute approximate surface area is 233 Å². The summed E-state index contributed by atoms with van der Waals surface area (Å²) in [4.78, 5) is 12.6. The van der Waals surface area contributed by atoms with Gasteiger partial charge in [0.25, 0.3) is 0 Å². The molecule has 0 aromatic heterocycles. The molecule has 214 valence electrons. The molecule has 0 heterocycles. The number of ether oxygens (including phenoxy) is 2. The number of unbranched alkanes of at least 4 members (excludes halogenated alkanes) is 4. The summed E-state index contributed by atoms with van der Waals surface area (Å²) >= 11 is 0. The molecule has 0 radical (unpaired) electrons. The quantitative estimate of drug-likeness (QED) is 0.102. The van der Waals surface area contributed by atoms with E-state index in [0.29, 0.717) is 23.7 Å². The summed E-state index contributed by atoms with van der Waals surface area (Å²) in [5.74, 6) is -4.95. The fraction of sp³-hybridized carbons (Fsp3) is 0.424. The number of esters is 1. The van der Waals surface area contributed by atoms with Gasteiger partial charge in [-0.05, 0) is 72.6 Å². The summed E-state index contributed by atoms with van der Waals surface area (Å²) in [5, 5.41) is 0. The fourth-order valence-corrected chi connectivity index (χ4v) is 5.23. The zero-order valence-corrected chi connectivity index (χ0v) is 23.1. The van der Waals surface area contributed by atoms with Gasteiger partial charge in [-0.15, -0.1) is 0 Å². The van der Waals surface area contributed by atoms with Crippen molar-refractivity contribution in [1.82, 2.24) is 0 Å². The van der Waals surface area contributed by atoms with Crippen LogP contribution in [0.3, 0.4) is 0 Å². The summed E-state index contributed by atoms with van der Waals surface area (Å²) < 4.78 is 69.8. The van der Waals surface area contributed by atoms with Crippen LogP contribution in [-0.2, 0) is 0 Å². The molecule has 1 aliphatic carbocycles. The van der Waals surface area contributed by atoms with Crippen LogP contribution in [-0.4, -0.2) is 12.6 Å². The molecule has 0 amide bonds. The first-order valence-corrected chi connectivity index (χ1v) is 14.2. The van der Waals surface area contributed by atoms with Crippen molar-refractivity contribution in [2.45, 2.75) is 77.6 Å². The zero-order valence-electron chi connectivity index (χ0n) is 23.1. The molecule has 3 nitrogen and oxygen atoms in total. The largest absolute Gasteiger partial charge is 0.490 e. The number of carbonyl (C=O) groups excluding carboxylic acids is 1. The van der Waals surface area contributed by atoms with E-state index in [0.717, 1.165) is 57.8 Å². The molecule has 0 spiro atoms. The number of rotatable bonds is 11. The monoisotopic (exact) mass is 556 g/mol. The third kappa shape index (κ3) is 7.04. The van der Waals surface area contributed by atoms with Crippen molar-refractivity contribution >= 4 is 5.97 Å². The molecule has 0 bridgehead atoms. The van der Waals surface area contributed by atoms with E-state index >= 15 is 0 Å². The van der Waals surface area contributed by atoms with Gasteiger partial charge in [0.05, 0.1) is 12.2 Å². The first-order chi connectivity index (χ1) is 19.3. The van der Waals surface area contributed by atoms with Crippen molar-refractivity contribution < 1.29 is 31.8 Å². The smallest absolute Gasteiger partial charge is 0.346 e. The van der Waals surface area contributed by atoms with Crippen molar-refractivity contribution in [3.63, 3.8) is 0 Å². The highest BCUT2D eigenvalue weighted by atomic mass is 19.2. The van der Waals surface area contributed by atoms with Crippen LogP contribution in [0.25, 0.3) is 11.1 Å². The van der Waals surface area contributed by atoms with Crippen LogP contribution in [0, 0.1) is 29.2 Å². The van der Waals surface area contributed by atoms with E-state index in [1.165, 1.54) is 48.5 Å². The molecular formula is C33H36F4O3. The first-order valence-electron chi connectivity index (χ1n) is 14.2. The lowest BCUT2D eigenvalue weighted by Gasteiger charge is -2.27. The number of halogens is 4. The summed E-state index contributed by atoms with van der Waals surface area (Å²) in [6, 6.07) is 11.2. The summed E-state index contributed by atoms with van der Waals surface area (Å²) in [5.41, 5.74) is 0.170. The molecule has 3 aromatic rings. The predicted molar refractivity (Wildman–Crippen MR) is 148 cm³/mol. The predicted octanol–water partition coefficient (Wildman–Crippen LogP) is 9.77. The van der Waals surface area contributed by atoms with E-state index in [1.54, 1.807) is 0 Å². The zero-order chi connectivity index (χ0) is 28.6. The molecule has 3 aromatic carbocycles. The first kappa shape index (κ1) is 29.6. The average molecular weight is 557 g/mol.